The van der Waals surface area contributed by atoms with Crippen molar-refractivity contribution in [2.45, 2.75) is 51.4 Å². The third kappa shape index (κ3) is 1.59. The van der Waals surface area contributed by atoms with E-state index >= 15 is 0 Å². The van der Waals surface area contributed by atoms with Crippen molar-refractivity contribution >= 4 is 5.78 Å². The first kappa shape index (κ1) is 9.77. The first-order valence-electron chi connectivity index (χ1n) is 5.72. The van der Waals surface area contributed by atoms with Gasteiger partial charge in [-0.3, -0.25) is 4.79 Å². The van der Waals surface area contributed by atoms with Crippen molar-refractivity contribution in [1.29, 1.82) is 0 Å². The Bertz CT molecular complexity index is 265. The van der Waals surface area contributed by atoms with Crippen molar-refractivity contribution < 1.29 is 4.79 Å². The van der Waals surface area contributed by atoms with E-state index in [0.717, 1.165) is 25.7 Å². The van der Waals surface area contributed by atoms with Crippen molar-refractivity contribution in [2.24, 2.45) is 11.3 Å². The smallest absolute Gasteiger partial charge is 0.133 e. The Morgan fingerprint density at radius 1 is 1.36 bits per heavy atom. The molecule has 0 saturated heterocycles. The molecule has 0 aromatic carbocycles. The third-order valence-corrected chi connectivity index (χ3v) is 4.21. The number of ketones is 1. The molecule has 0 aromatic rings. The molecule has 2 rings (SSSR count). The summed E-state index contributed by atoms with van der Waals surface area (Å²) in [6.07, 6.45) is 14.2. The van der Waals surface area contributed by atoms with E-state index in [1.165, 1.54) is 25.7 Å². The largest absolute Gasteiger partial charge is 0.300 e. The SMILES string of the molecule is C#CCC1CC(=O)CCC12CCCC2. The van der Waals surface area contributed by atoms with Gasteiger partial charge in [-0.1, -0.05) is 12.8 Å². The van der Waals surface area contributed by atoms with Gasteiger partial charge in [0, 0.05) is 19.3 Å². The molecule has 76 valence electrons. The standard InChI is InChI=1S/C13H18O/c1-2-5-11-10-12(14)6-9-13(11)7-3-4-8-13/h1,11H,3-10H2. The van der Waals surface area contributed by atoms with E-state index in [0.29, 0.717) is 17.1 Å². The molecule has 0 N–H and O–H groups in total. The Hall–Kier alpha value is -0.770. The van der Waals surface area contributed by atoms with E-state index in [9.17, 15) is 4.79 Å². The Labute approximate surface area is 86.3 Å². The lowest BCUT2D eigenvalue weighted by Gasteiger charge is -2.40. The van der Waals surface area contributed by atoms with Crippen molar-refractivity contribution in [2.75, 3.05) is 0 Å². The fraction of sp³-hybridized carbons (Fsp3) is 0.769. The zero-order chi connectivity index (χ0) is 10.0. The van der Waals surface area contributed by atoms with Gasteiger partial charge >= 0.3 is 0 Å². The van der Waals surface area contributed by atoms with Crippen molar-refractivity contribution in [3.8, 4) is 12.3 Å². The van der Waals surface area contributed by atoms with E-state index in [-0.39, 0.29) is 0 Å². The van der Waals surface area contributed by atoms with Gasteiger partial charge in [-0.25, -0.2) is 0 Å². The molecule has 2 fully saturated rings. The second-order valence-corrected chi connectivity index (χ2v) is 4.92. The average Bonchev–Trinajstić information content (AvgIpc) is 2.62. The minimum atomic E-state index is 0.433. The predicted molar refractivity (Wildman–Crippen MR) is 56.7 cm³/mol. The van der Waals surface area contributed by atoms with Gasteiger partial charge in [-0.05, 0) is 30.6 Å². The molecule has 1 heteroatoms. The molecular formula is C13H18O. The van der Waals surface area contributed by atoms with Crippen molar-refractivity contribution in [1.82, 2.24) is 0 Å². The lowest BCUT2D eigenvalue weighted by atomic mass is 9.64. The van der Waals surface area contributed by atoms with Crippen LogP contribution in [-0.2, 0) is 4.79 Å². The number of carbonyl (C=O) groups excluding carboxylic acids is 1. The van der Waals surface area contributed by atoms with Crippen LogP contribution in [0, 0.1) is 23.7 Å². The molecule has 1 unspecified atom stereocenters. The average molecular weight is 190 g/mol. The molecule has 2 saturated carbocycles. The van der Waals surface area contributed by atoms with Gasteiger partial charge in [0.2, 0.25) is 0 Å². The normalized spacial score (nSPS) is 30.5. The summed E-state index contributed by atoms with van der Waals surface area (Å²) in [6, 6.07) is 0. The van der Waals surface area contributed by atoms with Crippen LogP contribution in [0.3, 0.4) is 0 Å². The molecule has 2 aliphatic rings. The predicted octanol–water partition coefficient (Wildman–Crippen LogP) is 2.94. The van der Waals surface area contributed by atoms with Crippen LogP contribution in [0.5, 0.6) is 0 Å². The minimum absolute atomic E-state index is 0.433. The summed E-state index contributed by atoms with van der Waals surface area (Å²) < 4.78 is 0. The highest BCUT2D eigenvalue weighted by atomic mass is 16.1. The van der Waals surface area contributed by atoms with Gasteiger partial charge in [0.1, 0.15) is 5.78 Å². The maximum atomic E-state index is 11.4. The number of hydrogen-bond donors (Lipinski definition) is 0. The molecule has 1 spiro atoms. The zero-order valence-electron chi connectivity index (χ0n) is 8.72. The van der Waals surface area contributed by atoms with Crippen LogP contribution in [0.1, 0.15) is 51.4 Å². The molecule has 0 bridgehead atoms. The highest BCUT2D eigenvalue weighted by molar-refractivity contribution is 5.79. The van der Waals surface area contributed by atoms with E-state index in [2.05, 4.69) is 5.92 Å². The summed E-state index contributed by atoms with van der Waals surface area (Å²) in [7, 11) is 0. The third-order valence-electron chi connectivity index (χ3n) is 4.21. The highest BCUT2D eigenvalue weighted by Crippen LogP contribution is 2.52. The Balaban J connectivity index is 2.13. The first-order valence-corrected chi connectivity index (χ1v) is 5.72. The van der Waals surface area contributed by atoms with Crippen LogP contribution in [0.15, 0.2) is 0 Å². The number of carbonyl (C=O) groups is 1. The van der Waals surface area contributed by atoms with E-state index in [1.807, 2.05) is 0 Å². The highest BCUT2D eigenvalue weighted by Gasteiger charge is 2.44. The fourth-order valence-electron chi connectivity index (χ4n) is 3.35. The lowest BCUT2D eigenvalue weighted by molar-refractivity contribution is -0.124. The van der Waals surface area contributed by atoms with Crippen LogP contribution in [0.2, 0.25) is 0 Å². The first-order chi connectivity index (χ1) is 6.77. The van der Waals surface area contributed by atoms with Gasteiger partial charge in [0.05, 0.1) is 0 Å². The van der Waals surface area contributed by atoms with Gasteiger partial charge in [-0.2, -0.15) is 0 Å². The van der Waals surface area contributed by atoms with Crippen LogP contribution in [0.4, 0.5) is 0 Å². The second-order valence-electron chi connectivity index (χ2n) is 4.92. The van der Waals surface area contributed by atoms with Crippen LogP contribution < -0.4 is 0 Å². The molecule has 2 aliphatic carbocycles. The molecule has 0 amide bonds. The summed E-state index contributed by atoms with van der Waals surface area (Å²) >= 11 is 0. The number of terminal acetylenes is 1. The maximum Gasteiger partial charge on any atom is 0.133 e. The molecule has 0 aliphatic heterocycles. The van der Waals surface area contributed by atoms with Crippen molar-refractivity contribution in [3.63, 3.8) is 0 Å². The fourth-order valence-corrected chi connectivity index (χ4v) is 3.35. The van der Waals surface area contributed by atoms with E-state index in [1.54, 1.807) is 0 Å². The molecule has 14 heavy (non-hydrogen) atoms. The van der Waals surface area contributed by atoms with Crippen molar-refractivity contribution in [3.05, 3.63) is 0 Å². The van der Waals surface area contributed by atoms with Gasteiger partial charge < -0.3 is 0 Å². The topological polar surface area (TPSA) is 17.1 Å². The summed E-state index contributed by atoms with van der Waals surface area (Å²) in [5.74, 6) is 3.69. The monoisotopic (exact) mass is 190 g/mol. The number of hydrogen-bond acceptors (Lipinski definition) is 1. The summed E-state index contributed by atoms with van der Waals surface area (Å²) in [6.45, 7) is 0. The molecule has 1 atom stereocenters. The number of Topliss-reactive ketones (excluding diaryl/α,β-unsaturated/α-hetero) is 1. The van der Waals surface area contributed by atoms with E-state index < -0.39 is 0 Å². The Kier molecular flexibility index (Phi) is 2.63. The molecular weight excluding hydrogens is 172 g/mol. The molecule has 0 aromatic heterocycles. The quantitative estimate of drug-likeness (QED) is 0.581. The Morgan fingerprint density at radius 3 is 2.71 bits per heavy atom. The van der Waals surface area contributed by atoms with Gasteiger partial charge in [0.25, 0.3) is 0 Å². The Morgan fingerprint density at radius 2 is 2.07 bits per heavy atom. The summed E-state index contributed by atoms with van der Waals surface area (Å²) in [4.78, 5) is 11.4. The minimum Gasteiger partial charge on any atom is -0.300 e. The molecule has 1 nitrogen and oxygen atoms in total. The zero-order valence-corrected chi connectivity index (χ0v) is 8.72. The second kappa shape index (κ2) is 3.77. The van der Waals surface area contributed by atoms with Gasteiger partial charge in [-0.15, -0.1) is 12.3 Å². The van der Waals surface area contributed by atoms with Gasteiger partial charge in [0.15, 0.2) is 0 Å². The summed E-state index contributed by atoms with van der Waals surface area (Å²) in [5, 5.41) is 0. The lowest BCUT2D eigenvalue weighted by Crippen LogP contribution is -2.34. The maximum absolute atomic E-state index is 11.4. The van der Waals surface area contributed by atoms with Crippen LogP contribution >= 0.6 is 0 Å². The molecule has 0 heterocycles. The van der Waals surface area contributed by atoms with E-state index in [4.69, 9.17) is 6.42 Å². The molecule has 0 radical (unpaired) electrons. The summed E-state index contributed by atoms with van der Waals surface area (Å²) in [5.41, 5.74) is 0.459. The van der Waals surface area contributed by atoms with Crippen LogP contribution in [-0.4, -0.2) is 5.78 Å². The van der Waals surface area contributed by atoms with Crippen LogP contribution in [0.25, 0.3) is 0 Å². The number of rotatable bonds is 1.